The summed E-state index contributed by atoms with van der Waals surface area (Å²) in [4.78, 5) is 43.6. The molecule has 2 amide bonds. The Morgan fingerprint density at radius 1 is 1.31 bits per heavy atom. The van der Waals surface area contributed by atoms with E-state index in [1.54, 1.807) is 12.3 Å². The van der Waals surface area contributed by atoms with Gasteiger partial charge in [-0.25, -0.2) is 4.79 Å². The second-order valence-electron chi connectivity index (χ2n) is 7.39. The van der Waals surface area contributed by atoms with Crippen LogP contribution in [0.25, 0.3) is 0 Å². The number of rotatable bonds is 3. The van der Waals surface area contributed by atoms with Crippen LogP contribution in [0.15, 0.2) is 18.3 Å². The fraction of sp³-hybridized carbons (Fsp3) is 0.579. The van der Waals surface area contributed by atoms with E-state index in [-0.39, 0.29) is 17.2 Å². The second kappa shape index (κ2) is 7.05. The summed E-state index contributed by atoms with van der Waals surface area (Å²) in [5.41, 5.74) is 1.34. The van der Waals surface area contributed by atoms with Gasteiger partial charge in [0.25, 0.3) is 5.91 Å². The third kappa shape index (κ3) is 3.43. The molecule has 7 heteroatoms. The highest BCUT2D eigenvalue weighted by atomic mass is 16.4. The van der Waals surface area contributed by atoms with Gasteiger partial charge < -0.3 is 14.9 Å². The molecule has 0 bridgehead atoms. The molecule has 1 atom stereocenters. The number of hydrogen-bond donors (Lipinski definition) is 1. The van der Waals surface area contributed by atoms with Gasteiger partial charge in [0.2, 0.25) is 5.91 Å². The number of carbonyl (C=O) groups excluding carboxylic acids is 2. The van der Waals surface area contributed by atoms with Gasteiger partial charge in [0, 0.05) is 44.0 Å². The normalized spacial score (nSPS) is 21.8. The van der Waals surface area contributed by atoms with Crippen LogP contribution < -0.4 is 0 Å². The fourth-order valence-electron chi connectivity index (χ4n) is 4.14. The number of hydrogen-bond acceptors (Lipinski definition) is 4. The third-order valence-corrected chi connectivity index (χ3v) is 5.73. The number of nitrogens with zero attached hydrogens (tertiary/aromatic N) is 3. The zero-order valence-corrected chi connectivity index (χ0v) is 15.3. The lowest BCUT2D eigenvalue weighted by Crippen LogP contribution is -2.44. The molecular formula is C19H25N3O4. The molecule has 0 aliphatic carbocycles. The van der Waals surface area contributed by atoms with Gasteiger partial charge in [-0.05, 0) is 43.2 Å². The van der Waals surface area contributed by atoms with Crippen LogP contribution in [0.3, 0.4) is 0 Å². The minimum Gasteiger partial charge on any atom is -0.480 e. The lowest BCUT2D eigenvalue weighted by molar-refractivity contribution is -0.147. The van der Waals surface area contributed by atoms with E-state index in [1.165, 1.54) is 11.8 Å². The number of carboxylic acid groups (broad SMARTS) is 1. The Balaban J connectivity index is 1.68. The molecule has 2 aliphatic heterocycles. The molecule has 3 heterocycles. The van der Waals surface area contributed by atoms with Gasteiger partial charge in [-0.3, -0.25) is 14.6 Å². The lowest BCUT2D eigenvalue weighted by Gasteiger charge is -2.39. The minimum atomic E-state index is -0.945. The van der Waals surface area contributed by atoms with Crippen LogP contribution in [0.4, 0.5) is 0 Å². The predicted molar refractivity (Wildman–Crippen MR) is 94.6 cm³/mol. The standard InChI is InChI=1S/C19H25N3O4/c1-3-15-10-14(4-7-20-15)17(24)21-8-5-19(6-9-21)11-16(18(25)26)22(12-19)13(2)23/h4,7,10,16H,3,5-6,8-9,11-12H2,1-2H3,(H,25,26)/t16-/m0/s1. The van der Waals surface area contributed by atoms with Crippen LogP contribution in [0.5, 0.6) is 0 Å². The summed E-state index contributed by atoms with van der Waals surface area (Å²) in [5, 5.41) is 9.42. The van der Waals surface area contributed by atoms with Gasteiger partial charge >= 0.3 is 5.97 Å². The van der Waals surface area contributed by atoms with Crippen molar-refractivity contribution in [3.63, 3.8) is 0 Å². The first-order valence-electron chi connectivity index (χ1n) is 9.09. The second-order valence-corrected chi connectivity index (χ2v) is 7.39. The molecule has 26 heavy (non-hydrogen) atoms. The molecule has 2 saturated heterocycles. The summed E-state index contributed by atoms with van der Waals surface area (Å²) in [6.45, 7) is 5.06. The maximum Gasteiger partial charge on any atom is 0.326 e. The quantitative estimate of drug-likeness (QED) is 0.885. The lowest BCUT2D eigenvalue weighted by atomic mass is 9.76. The van der Waals surface area contributed by atoms with Crippen LogP contribution >= 0.6 is 0 Å². The zero-order chi connectivity index (χ0) is 18.9. The smallest absolute Gasteiger partial charge is 0.326 e. The molecule has 0 aromatic carbocycles. The summed E-state index contributed by atoms with van der Waals surface area (Å²) in [5.74, 6) is -1.15. The molecule has 0 unspecified atom stereocenters. The zero-order valence-electron chi connectivity index (χ0n) is 15.3. The average Bonchev–Trinajstić information content (AvgIpc) is 3.02. The maximum absolute atomic E-state index is 12.8. The van der Waals surface area contributed by atoms with E-state index in [9.17, 15) is 19.5 Å². The van der Waals surface area contributed by atoms with E-state index in [1.807, 2.05) is 17.9 Å². The molecule has 2 fully saturated rings. The summed E-state index contributed by atoms with van der Waals surface area (Å²) < 4.78 is 0. The van der Waals surface area contributed by atoms with Crippen molar-refractivity contribution in [2.75, 3.05) is 19.6 Å². The first kappa shape index (κ1) is 18.4. The molecule has 0 radical (unpaired) electrons. The minimum absolute atomic E-state index is 0.00634. The number of likely N-dealkylation sites (tertiary alicyclic amines) is 2. The van der Waals surface area contributed by atoms with Gasteiger partial charge in [0.15, 0.2) is 0 Å². The number of piperidine rings is 1. The van der Waals surface area contributed by atoms with Crippen molar-refractivity contribution < 1.29 is 19.5 Å². The number of aliphatic carboxylic acids is 1. The summed E-state index contributed by atoms with van der Waals surface area (Å²) >= 11 is 0. The van der Waals surface area contributed by atoms with Gasteiger partial charge in [-0.1, -0.05) is 6.92 Å². The van der Waals surface area contributed by atoms with Gasteiger partial charge in [0.1, 0.15) is 6.04 Å². The highest BCUT2D eigenvalue weighted by Gasteiger charge is 2.49. The highest BCUT2D eigenvalue weighted by molar-refractivity contribution is 5.94. The number of carboxylic acids is 1. The number of pyridine rings is 1. The van der Waals surface area contributed by atoms with Crippen molar-refractivity contribution >= 4 is 17.8 Å². The monoisotopic (exact) mass is 359 g/mol. The van der Waals surface area contributed by atoms with Crippen LogP contribution in [-0.2, 0) is 16.0 Å². The number of amides is 2. The Hall–Kier alpha value is -2.44. The molecule has 1 spiro atoms. The summed E-state index contributed by atoms with van der Waals surface area (Å²) in [7, 11) is 0. The van der Waals surface area contributed by atoms with Crippen LogP contribution in [0, 0.1) is 5.41 Å². The van der Waals surface area contributed by atoms with E-state index < -0.39 is 12.0 Å². The van der Waals surface area contributed by atoms with Crippen molar-refractivity contribution in [1.82, 2.24) is 14.8 Å². The first-order valence-corrected chi connectivity index (χ1v) is 9.09. The Labute approximate surface area is 153 Å². The molecule has 1 aromatic heterocycles. The van der Waals surface area contributed by atoms with Crippen molar-refractivity contribution in [2.24, 2.45) is 5.41 Å². The number of carbonyl (C=O) groups is 3. The van der Waals surface area contributed by atoms with Gasteiger partial charge in [-0.15, -0.1) is 0 Å². The topological polar surface area (TPSA) is 90.8 Å². The van der Waals surface area contributed by atoms with Crippen molar-refractivity contribution in [3.05, 3.63) is 29.6 Å². The van der Waals surface area contributed by atoms with Crippen LogP contribution in [0.1, 0.15) is 49.2 Å². The molecule has 3 rings (SSSR count). The highest BCUT2D eigenvalue weighted by Crippen LogP contribution is 2.43. The molecular weight excluding hydrogens is 334 g/mol. The van der Waals surface area contributed by atoms with Crippen molar-refractivity contribution in [3.8, 4) is 0 Å². The van der Waals surface area contributed by atoms with E-state index in [0.717, 1.165) is 25.0 Å². The number of aryl methyl sites for hydroxylation is 1. The fourth-order valence-corrected chi connectivity index (χ4v) is 4.14. The third-order valence-electron chi connectivity index (χ3n) is 5.73. The van der Waals surface area contributed by atoms with E-state index >= 15 is 0 Å². The molecule has 2 aliphatic rings. The Morgan fingerprint density at radius 3 is 2.54 bits per heavy atom. The Kier molecular flexibility index (Phi) is 4.98. The van der Waals surface area contributed by atoms with E-state index in [4.69, 9.17) is 0 Å². The van der Waals surface area contributed by atoms with Crippen LogP contribution in [0.2, 0.25) is 0 Å². The van der Waals surface area contributed by atoms with Gasteiger partial charge in [-0.2, -0.15) is 0 Å². The van der Waals surface area contributed by atoms with Gasteiger partial charge in [0.05, 0.1) is 0 Å². The van der Waals surface area contributed by atoms with E-state index in [0.29, 0.717) is 31.6 Å². The predicted octanol–water partition coefficient (Wildman–Crippen LogP) is 1.57. The molecule has 0 saturated carbocycles. The van der Waals surface area contributed by atoms with Crippen LogP contribution in [-0.4, -0.2) is 63.4 Å². The SMILES string of the molecule is CCc1cc(C(=O)N2CCC3(CC2)C[C@@H](C(=O)O)N(C(C)=O)C3)ccn1. The molecule has 1 aromatic rings. The number of aromatic nitrogens is 1. The van der Waals surface area contributed by atoms with Crippen molar-refractivity contribution in [2.45, 2.75) is 45.6 Å². The average molecular weight is 359 g/mol. The molecule has 7 nitrogen and oxygen atoms in total. The molecule has 140 valence electrons. The Morgan fingerprint density at radius 2 is 2.00 bits per heavy atom. The summed E-state index contributed by atoms with van der Waals surface area (Å²) in [6.07, 6.45) is 4.35. The molecule has 1 N–H and O–H groups in total. The van der Waals surface area contributed by atoms with Crippen molar-refractivity contribution in [1.29, 1.82) is 0 Å². The largest absolute Gasteiger partial charge is 0.480 e. The summed E-state index contributed by atoms with van der Waals surface area (Å²) in [6, 6.07) is 2.82. The Bertz CT molecular complexity index is 701. The first-order chi connectivity index (χ1) is 12.3. The van der Waals surface area contributed by atoms with E-state index in [2.05, 4.69) is 4.98 Å². The maximum atomic E-state index is 12.8.